The first-order valence-electron chi connectivity index (χ1n) is 17.8. The molecule has 50 heavy (non-hydrogen) atoms. The van der Waals surface area contributed by atoms with Crippen molar-refractivity contribution in [2.24, 2.45) is 19.1 Å². The van der Waals surface area contributed by atoms with Gasteiger partial charge in [0.15, 0.2) is 0 Å². The maximum absolute atomic E-state index is 13.1. The Kier molecular flexibility index (Phi) is 9.91. The van der Waals surface area contributed by atoms with Crippen LogP contribution in [0.5, 0.6) is 0 Å². The molecule has 0 spiro atoms. The van der Waals surface area contributed by atoms with Gasteiger partial charge < -0.3 is 15.5 Å². The predicted octanol–water partition coefficient (Wildman–Crippen LogP) is 5.71. The lowest BCUT2D eigenvalue weighted by Gasteiger charge is -2.32. The molecule has 2 aromatic carbocycles. The molecule has 4 heterocycles. The van der Waals surface area contributed by atoms with Crippen LogP contribution in [-0.2, 0) is 26.9 Å². The van der Waals surface area contributed by atoms with Crippen molar-refractivity contribution in [3.63, 3.8) is 0 Å². The number of piperazine rings is 1. The Morgan fingerprint density at radius 3 is 2.50 bits per heavy atom. The number of amides is 1. The van der Waals surface area contributed by atoms with Gasteiger partial charge in [0.05, 0.1) is 17.6 Å². The molecule has 0 unspecified atom stereocenters. The number of nitrogens with one attached hydrogen (secondary N) is 2. The monoisotopic (exact) mass is 669 g/mol. The summed E-state index contributed by atoms with van der Waals surface area (Å²) in [6.45, 7) is 7.94. The molecule has 1 aliphatic carbocycles. The summed E-state index contributed by atoms with van der Waals surface area (Å²) in [6.07, 6.45) is 15.8. The molecule has 10 heteroatoms. The highest BCUT2D eigenvalue weighted by Gasteiger charge is 2.26. The summed E-state index contributed by atoms with van der Waals surface area (Å²) in [5.41, 5.74) is 11.9. The summed E-state index contributed by atoms with van der Waals surface area (Å²) in [7, 11) is 6.12. The predicted molar refractivity (Wildman–Crippen MR) is 202 cm³/mol. The molecule has 258 valence electrons. The van der Waals surface area contributed by atoms with Crippen molar-refractivity contribution in [1.82, 2.24) is 34.7 Å². The first-order chi connectivity index (χ1) is 24.4. The van der Waals surface area contributed by atoms with Gasteiger partial charge in [-0.25, -0.2) is 4.99 Å². The SMILES string of the molecule is CCCc1cc(C(=O)NCCN2CCN(C)CC2)ccc1NC1=C/C=C/C2=C(/C=N\1)CCc1nn(C)c(-c3ccc(-c4cnn(C)c4)cc3)c12. The zero-order valence-corrected chi connectivity index (χ0v) is 29.6. The number of aromatic nitrogens is 4. The fourth-order valence-corrected chi connectivity index (χ4v) is 7.10. The summed E-state index contributed by atoms with van der Waals surface area (Å²) in [5.74, 6) is 0.738. The standard InChI is InChI=1S/C40H47N9O/c1-5-7-30-24-31(40(50)41-18-19-49-22-20-46(2)21-23-49)14-16-35(30)44-37-9-6-8-34-32(25-42-37)15-17-36-38(34)39(48(4)45-36)29-12-10-28(11-13-29)33-26-43-47(3)27-33/h6,8-14,16,24-27H,5,7,15,17-23H2,1-4H3,(H,41,50)(H,42,44). The van der Waals surface area contributed by atoms with Crippen LogP contribution in [0, 0.1) is 0 Å². The van der Waals surface area contributed by atoms with Crippen LogP contribution in [0.3, 0.4) is 0 Å². The molecule has 3 aliphatic rings. The van der Waals surface area contributed by atoms with Gasteiger partial charge in [0.2, 0.25) is 0 Å². The van der Waals surface area contributed by atoms with Crippen LogP contribution in [-0.4, -0.2) is 87.8 Å². The van der Waals surface area contributed by atoms with E-state index in [1.165, 1.54) is 16.7 Å². The quantitative estimate of drug-likeness (QED) is 0.225. The van der Waals surface area contributed by atoms with Crippen molar-refractivity contribution in [1.29, 1.82) is 0 Å². The Bertz CT molecular complexity index is 1980. The number of allylic oxidation sites excluding steroid dienone is 5. The van der Waals surface area contributed by atoms with E-state index in [0.717, 1.165) is 104 Å². The minimum atomic E-state index is -0.0236. The number of hydrogen-bond acceptors (Lipinski definition) is 7. The lowest BCUT2D eigenvalue weighted by Crippen LogP contribution is -2.46. The van der Waals surface area contributed by atoms with Crippen molar-refractivity contribution in [2.45, 2.75) is 32.6 Å². The van der Waals surface area contributed by atoms with E-state index in [2.05, 4.69) is 75.9 Å². The summed E-state index contributed by atoms with van der Waals surface area (Å²) < 4.78 is 3.84. The number of aliphatic imine (C=N–C) groups is 1. The average molecular weight is 670 g/mol. The molecular weight excluding hydrogens is 623 g/mol. The highest BCUT2D eigenvalue weighted by atomic mass is 16.1. The zero-order chi connectivity index (χ0) is 34.6. The maximum Gasteiger partial charge on any atom is 0.251 e. The second-order valence-electron chi connectivity index (χ2n) is 13.5. The minimum absolute atomic E-state index is 0.0236. The lowest BCUT2D eigenvalue weighted by atomic mass is 9.86. The fraction of sp³-hybridized carbons (Fsp3) is 0.350. The topological polar surface area (TPSA) is 95.6 Å². The van der Waals surface area contributed by atoms with Gasteiger partial charge in [0.25, 0.3) is 5.91 Å². The van der Waals surface area contributed by atoms with Crippen LogP contribution in [0.1, 0.15) is 46.9 Å². The average Bonchev–Trinajstić information content (AvgIpc) is 3.70. The van der Waals surface area contributed by atoms with Gasteiger partial charge in [0, 0.05) is 93.7 Å². The molecule has 7 rings (SSSR count). The summed E-state index contributed by atoms with van der Waals surface area (Å²) >= 11 is 0. The van der Waals surface area contributed by atoms with Crippen LogP contribution in [0.15, 0.2) is 89.5 Å². The molecule has 0 saturated carbocycles. The number of carbonyl (C=O) groups is 1. The van der Waals surface area contributed by atoms with Crippen LogP contribution < -0.4 is 10.6 Å². The Balaban J connectivity index is 1.06. The number of nitrogens with zero attached hydrogens (tertiary/aromatic N) is 7. The van der Waals surface area contributed by atoms with Gasteiger partial charge in [-0.2, -0.15) is 10.2 Å². The summed E-state index contributed by atoms with van der Waals surface area (Å²) in [6, 6.07) is 14.6. The number of benzene rings is 2. The molecule has 0 bridgehead atoms. The third kappa shape index (κ3) is 7.27. The molecule has 0 atom stereocenters. The van der Waals surface area contributed by atoms with Gasteiger partial charge in [-0.05, 0) is 72.9 Å². The van der Waals surface area contributed by atoms with Crippen molar-refractivity contribution in [3.05, 3.63) is 107 Å². The van der Waals surface area contributed by atoms with E-state index < -0.39 is 0 Å². The Morgan fingerprint density at radius 1 is 0.940 bits per heavy atom. The summed E-state index contributed by atoms with van der Waals surface area (Å²) in [4.78, 5) is 22.8. The van der Waals surface area contributed by atoms with Gasteiger partial charge in [-0.15, -0.1) is 0 Å². The molecule has 10 nitrogen and oxygen atoms in total. The molecule has 2 N–H and O–H groups in total. The highest BCUT2D eigenvalue weighted by molar-refractivity contribution is 6.00. The first-order valence-corrected chi connectivity index (χ1v) is 17.8. The van der Waals surface area contributed by atoms with E-state index in [1.54, 1.807) is 0 Å². The van der Waals surface area contributed by atoms with Crippen molar-refractivity contribution in [3.8, 4) is 22.4 Å². The molecule has 1 amide bonds. The zero-order valence-electron chi connectivity index (χ0n) is 29.6. The summed E-state index contributed by atoms with van der Waals surface area (Å²) in [5, 5.41) is 16.0. The fourth-order valence-electron chi connectivity index (χ4n) is 7.10. The van der Waals surface area contributed by atoms with Crippen LogP contribution in [0.2, 0.25) is 0 Å². The van der Waals surface area contributed by atoms with Crippen molar-refractivity contribution < 1.29 is 4.79 Å². The van der Waals surface area contributed by atoms with E-state index >= 15 is 0 Å². The van der Waals surface area contributed by atoms with Crippen LogP contribution in [0.25, 0.3) is 28.0 Å². The van der Waals surface area contributed by atoms with Crippen molar-refractivity contribution in [2.75, 3.05) is 51.6 Å². The van der Waals surface area contributed by atoms with Crippen molar-refractivity contribution >= 4 is 23.4 Å². The lowest BCUT2D eigenvalue weighted by molar-refractivity contribution is 0.0941. The highest BCUT2D eigenvalue weighted by Crippen LogP contribution is 2.39. The van der Waals surface area contributed by atoms with Gasteiger partial charge in [-0.1, -0.05) is 49.8 Å². The third-order valence-corrected chi connectivity index (χ3v) is 9.90. The smallest absolute Gasteiger partial charge is 0.251 e. The molecule has 0 radical (unpaired) electrons. The van der Waals surface area contributed by atoms with E-state index in [0.29, 0.717) is 12.1 Å². The number of aryl methyl sites for hydroxylation is 4. The van der Waals surface area contributed by atoms with Gasteiger partial charge in [0.1, 0.15) is 5.82 Å². The Hall–Kier alpha value is -5.06. The number of likely N-dealkylation sites (N-methyl/N-ethyl adjacent to an activating group) is 1. The molecule has 1 saturated heterocycles. The number of carbonyl (C=O) groups excluding carboxylic acids is 1. The van der Waals surface area contributed by atoms with E-state index in [4.69, 9.17) is 10.1 Å². The minimum Gasteiger partial charge on any atom is -0.351 e. The van der Waals surface area contributed by atoms with Crippen LogP contribution in [0.4, 0.5) is 5.69 Å². The Morgan fingerprint density at radius 2 is 1.74 bits per heavy atom. The largest absolute Gasteiger partial charge is 0.351 e. The normalized spacial score (nSPS) is 18.8. The molecule has 2 aliphatic heterocycles. The van der Waals surface area contributed by atoms with E-state index in [9.17, 15) is 4.79 Å². The second kappa shape index (κ2) is 14.8. The number of hydrogen-bond donors (Lipinski definition) is 2. The second-order valence-corrected chi connectivity index (χ2v) is 13.5. The maximum atomic E-state index is 13.1. The molecule has 2 aromatic heterocycles. The molecule has 4 aromatic rings. The Labute approximate surface area is 294 Å². The third-order valence-electron chi connectivity index (χ3n) is 9.90. The molecule has 1 fully saturated rings. The number of anilines is 1. The van der Waals surface area contributed by atoms with Gasteiger partial charge >= 0.3 is 0 Å². The van der Waals surface area contributed by atoms with Crippen LogP contribution >= 0.6 is 0 Å². The first kappa shape index (κ1) is 33.4. The van der Waals surface area contributed by atoms with Gasteiger partial charge in [-0.3, -0.25) is 19.1 Å². The number of rotatable bonds is 10. The van der Waals surface area contributed by atoms with E-state index in [-0.39, 0.29) is 5.91 Å². The molecular formula is C40H47N9O. The number of fused-ring (bicyclic) bond motifs is 2. The van der Waals surface area contributed by atoms with E-state index in [1.807, 2.05) is 66.3 Å².